The van der Waals surface area contributed by atoms with Crippen LogP contribution in [0.25, 0.3) is 0 Å². The van der Waals surface area contributed by atoms with E-state index >= 15 is 0 Å². The van der Waals surface area contributed by atoms with E-state index in [0.717, 1.165) is 28.0 Å². The fourth-order valence-corrected chi connectivity index (χ4v) is 3.30. The monoisotopic (exact) mass is 903 g/mol. The third-order valence-electron chi connectivity index (χ3n) is 5.17. The summed E-state index contributed by atoms with van der Waals surface area (Å²) in [6.07, 6.45) is -11.2. The van der Waals surface area contributed by atoms with E-state index in [1.165, 1.54) is 32.1 Å². The third-order valence-corrected chi connectivity index (χ3v) is 5.17. The molecule has 3 rings (SSSR count). The molecule has 0 aliphatic carbocycles. The first-order chi connectivity index (χ1) is 22.7. The molecular weight excluding hydrogens is 868 g/mol. The Labute approximate surface area is 350 Å². The number of hydrogen-bond acceptors (Lipinski definition) is 10. The summed E-state index contributed by atoms with van der Waals surface area (Å²) >= 11 is 2.29. The Bertz CT molecular complexity index is 1470. The Morgan fingerprint density at radius 3 is 1.54 bits per heavy atom. The van der Waals surface area contributed by atoms with E-state index < -0.39 is 70.2 Å². The number of esters is 3. The van der Waals surface area contributed by atoms with Gasteiger partial charge in [-0.15, -0.1) is 0 Å². The van der Waals surface area contributed by atoms with Gasteiger partial charge in [0.05, 0.1) is 32.2 Å². The molecule has 0 aliphatic heterocycles. The van der Waals surface area contributed by atoms with Gasteiger partial charge in [0.1, 0.15) is 16.7 Å². The van der Waals surface area contributed by atoms with Crippen molar-refractivity contribution in [3.8, 4) is 0 Å². The van der Waals surface area contributed by atoms with Crippen LogP contribution in [0.2, 0.25) is 0 Å². The van der Waals surface area contributed by atoms with Crippen LogP contribution in [-0.4, -0.2) is 85.8 Å². The SMILES string of the molecule is CCI.CCOC(=O)c1cn(CC)nc1C(F)(F)F.CCOC(=O)c1cn[nH]c1C(F)(F)F.CCOC(=O)c1cnn(CC)c1C(F)(F)F.[B].[K+].[OH-]. The Morgan fingerprint density at radius 1 is 0.731 bits per heavy atom. The van der Waals surface area contributed by atoms with Crippen LogP contribution < -0.4 is 51.4 Å². The number of rotatable bonds is 8. The van der Waals surface area contributed by atoms with Crippen molar-refractivity contribution in [2.75, 3.05) is 24.2 Å². The molecule has 3 heterocycles. The first-order valence-electron chi connectivity index (χ1n) is 14.1. The van der Waals surface area contributed by atoms with Gasteiger partial charge >= 0.3 is 87.8 Å². The van der Waals surface area contributed by atoms with Crippen molar-refractivity contribution in [1.29, 1.82) is 0 Å². The minimum absolute atomic E-state index is 0. The van der Waals surface area contributed by atoms with E-state index in [9.17, 15) is 53.9 Å². The normalized spacial score (nSPS) is 10.5. The number of carbonyl (C=O) groups excluding carboxylic acids is 3. The minimum Gasteiger partial charge on any atom is -0.870 e. The number of aromatic amines is 1. The van der Waals surface area contributed by atoms with Crippen molar-refractivity contribution in [2.45, 2.75) is 73.2 Å². The van der Waals surface area contributed by atoms with Gasteiger partial charge in [-0.3, -0.25) is 14.5 Å². The molecule has 0 unspecified atom stereocenters. The van der Waals surface area contributed by atoms with Crippen LogP contribution in [0, 0.1) is 0 Å². The Balaban J connectivity index is -0.000000312. The predicted molar refractivity (Wildman–Crippen MR) is 170 cm³/mol. The topological polar surface area (TPSA) is 173 Å². The smallest absolute Gasteiger partial charge is 0.870 e. The maximum Gasteiger partial charge on any atom is 1.00 e. The summed E-state index contributed by atoms with van der Waals surface area (Å²) in [6, 6.07) is 0. The number of hydrogen-bond donors (Lipinski definition) is 1. The maximum absolute atomic E-state index is 12.7. The molecule has 0 bridgehead atoms. The molecule has 0 aliphatic rings. The summed E-state index contributed by atoms with van der Waals surface area (Å²) in [7, 11) is 0. The third kappa shape index (κ3) is 18.2. The Morgan fingerprint density at radius 2 is 1.17 bits per heavy atom. The molecule has 0 amide bonds. The fraction of sp³-hybridized carbons (Fsp3) is 0.556. The molecule has 0 saturated carbocycles. The molecular formula is C27H35BF9IKN6O7. The summed E-state index contributed by atoms with van der Waals surface area (Å²) in [5.74, 6) is -3.04. The first-order valence-corrected chi connectivity index (χ1v) is 15.7. The predicted octanol–water partition coefficient (Wildman–Crippen LogP) is 3.69. The Kier molecular flexibility index (Phi) is 28.9. The molecule has 3 radical (unpaired) electrons. The minimum atomic E-state index is -4.65. The summed E-state index contributed by atoms with van der Waals surface area (Å²) in [4.78, 5) is 33.5. The zero-order chi connectivity index (χ0) is 38.2. The zero-order valence-corrected chi connectivity index (χ0v) is 34.2. The van der Waals surface area contributed by atoms with E-state index in [1.54, 1.807) is 12.0 Å². The summed E-state index contributed by atoms with van der Waals surface area (Å²) in [5, 5.41) is 11.6. The van der Waals surface area contributed by atoms with E-state index in [4.69, 9.17) is 0 Å². The molecule has 0 aromatic carbocycles. The van der Waals surface area contributed by atoms with Crippen molar-refractivity contribution in [1.82, 2.24) is 29.8 Å². The van der Waals surface area contributed by atoms with Crippen molar-refractivity contribution < 1.29 is 125 Å². The second kappa shape index (κ2) is 26.6. The van der Waals surface area contributed by atoms with Crippen LogP contribution in [0.4, 0.5) is 39.5 Å². The van der Waals surface area contributed by atoms with Crippen LogP contribution in [0.1, 0.15) is 89.7 Å². The van der Waals surface area contributed by atoms with Gasteiger partial charge in [0.25, 0.3) is 0 Å². The number of ether oxygens (including phenoxy) is 3. The molecule has 0 atom stereocenters. The number of halogens is 10. The van der Waals surface area contributed by atoms with Crippen LogP contribution >= 0.6 is 22.6 Å². The van der Waals surface area contributed by atoms with E-state index in [1.807, 2.05) is 0 Å². The molecule has 289 valence electrons. The summed E-state index contributed by atoms with van der Waals surface area (Å²) in [5.41, 5.74) is -5.14. The Hall–Kier alpha value is -2.20. The largest absolute Gasteiger partial charge is 1.00 e. The molecule has 0 spiro atoms. The van der Waals surface area contributed by atoms with Crippen LogP contribution in [-0.2, 0) is 45.8 Å². The van der Waals surface area contributed by atoms with E-state index in [-0.39, 0.29) is 98.2 Å². The van der Waals surface area contributed by atoms with E-state index in [0.29, 0.717) is 0 Å². The zero-order valence-electron chi connectivity index (χ0n) is 29.0. The second-order valence-corrected chi connectivity index (χ2v) is 10.1. The molecule has 2 N–H and O–H groups in total. The molecule has 13 nitrogen and oxygen atoms in total. The molecule has 52 heavy (non-hydrogen) atoms. The van der Waals surface area contributed by atoms with Gasteiger partial charge in [-0.1, -0.05) is 29.5 Å². The van der Waals surface area contributed by atoms with Crippen LogP contribution in [0.15, 0.2) is 18.6 Å². The van der Waals surface area contributed by atoms with Gasteiger partial charge in [0, 0.05) is 27.7 Å². The number of carbonyl (C=O) groups is 3. The standard InChI is InChI=1S/2C9H11F3N2O2.C7H7F3N2O2.C2H5I.B.K.H2O/c1-3-14-5-6(8(15)16-4-2)7(13-14)9(10,11)12;1-3-14-7(9(10,11)12)6(5-13-14)8(15)16-4-2;1-2-14-6(13)4-3-11-12-5(4)7(8,9)10;1-2-3;;;/h2*5H,3-4H2,1-2H3;3H,2H2,1H3,(H,11,12);2H2,1H3;;;1H2/q;;;;;+1;/p-1. The van der Waals surface area contributed by atoms with Crippen molar-refractivity contribution >= 4 is 48.9 Å². The van der Waals surface area contributed by atoms with Gasteiger partial charge in [0.15, 0.2) is 17.1 Å². The molecule has 0 saturated heterocycles. The van der Waals surface area contributed by atoms with Gasteiger partial charge < -0.3 is 19.7 Å². The number of aromatic nitrogens is 6. The summed E-state index contributed by atoms with van der Waals surface area (Å²) in [6.45, 7) is 10.1. The van der Waals surface area contributed by atoms with Crippen molar-refractivity contribution in [3.63, 3.8) is 0 Å². The van der Waals surface area contributed by atoms with Gasteiger partial charge in [-0.05, 0) is 39.0 Å². The fourth-order valence-electron chi connectivity index (χ4n) is 3.30. The van der Waals surface area contributed by atoms with Crippen molar-refractivity contribution in [3.05, 3.63) is 52.4 Å². The number of alkyl halides is 10. The van der Waals surface area contributed by atoms with Gasteiger partial charge in [-0.25, -0.2) is 14.4 Å². The molecule has 25 heteroatoms. The number of aryl methyl sites for hydroxylation is 2. The van der Waals surface area contributed by atoms with Gasteiger partial charge in [0.2, 0.25) is 0 Å². The molecule has 3 aromatic heterocycles. The average molecular weight is 903 g/mol. The van der Waals surface area contributed by atoms with Gasteiger partial charge in [-0.2, -0.15) is 54.8 Å². The number of nitrogens with one attached hydrogen (secondary N) is 1. The molecule has 0 fully saturated rings. The van der Waals surface area contributed by atoms with Crippen molar-refractivity contribution in [2.24, 2.45) is 0 Å². The van der Waals surface area contributed by atoms with E-state index in [2.05, 4.69) is 59.0 Å². The first kappa shape index (κ1) is 56.5. The summed E-state index contributed by atoms with van der Waals surface area (Å²) < 4.78 is 129. The maximum atomic E-state index is 12.7. The average Bonchev–Trinajstić information content (AvgIpc) is 3.76. The second-order valence-electron chi connectivity index (χ2n) is 8.55. The number of nitrogens with zero attached hydrogens (tertiary/aromatic N) is 5. The quantitative estimate of drug-likeness (QED) is 0.0878. The molecule has 3 aromatic rings. The van der Waals surface area contributed by atoms with Crippen LogP contribution in [0.5, 0.6) is 0 Å². The number of H-pyrrole nitrogens is 1. The van der Waals surface area contributed by atoms with Crippen LogP contribution in [0.3, 0.4) is 0 Å².